The van der Waals surface area contributed by atoms with Crippen LogP contribution in [-0.4, -0.2) is 39.3 Å². The number of carbonyl (C=O) groups is 2. The molecular formula is C28H39N3O5. The summed E-state index contributed by atoms with van der Waals surface area (Å²) in [6.07, 6.45) is 4.22. The number of oxazole rings is 1. The van der Waals surface area contributed by atoms with Gasteiger partial charge in [-0.2, -0.15) is 0 Å². The molecule has 0 saturated heterocycles. The molecule has 0 bridgehead atoms. The van der Waals surface area contributed by atoms with Gasteiger partial charge in [-0.25, -0.2) is 19.5 Å². The highest BCUT2D eigenvalue weighted by Gasteiger charge is 2.39. The highest BCUT2D eigenvalue weighted by atomic mass is 16.6. The fourth-order valence-corrected chi connectivity index (χ4v) is 3.79. The molecule has 2 unspecified atom stereocenters. The third-order valence-corrected chi connectivity index (χ3v) is 5.49. The van der Waals surface area contributed by atoms with E-state index in [1.807, 2.05) is 6.07 Å². The van der Waals surface area contributed by atoms with Gasteiger partial charge in [0.15, 0.2) is 0 Å². The van der Waals surface area contributed by atoms with Crippen LogP contribution in [0.4, 0.5) is 9.59 Å². The Morgan fingerprint density at radius 1 is 1.08 bits per heavy atom. The van der Waals surface area contributed by atoms with Gasteiger partial charge in [0.25, 0.3) is 0 Å². The lowest BCUT2D eigenvalue weighted by atomic mass is 10.0. The summed E-state index contributed by atoms with van der Waals surface area (Å²) in [5, 5.41) is 3.50. The molecule has 0 aliphatic heterocycles. The molecule has 0 radical (unpaired) electrons. The molecule has 36 heavy (non-hydrogen) atoms. The van der Waals surface area contributed by atoms with E-state index in [0.717, 1.165) is 17.7 Å². The van der Waals surface area contributed by atoms with E-state index in [-0.39, 0.29) is 6.54 Å². The number of amides is 2. The molecular weight excluding hydrogens is 458 g/mol. The second-order valence-corrected chi connectivity index (χ2v) is 11.1. The first-order valence-corrected chi connectivity index (χ1v) is 12.5. The zero-order valence-corrected chi connectivity index (χ0v) is 22.5. The van der Waals surface area contributed by atoms with Gasteiger partial charge in [-0.05, 0) is 65.9 Å². The molecule has 2 atom stereocenters. The van der Waals surface area contributed by atoms with Crippen LogP contribution in [0.2, 0.25) is 0 Å². The lowest BCUT2D eigenvalue weighted by molar-refractivity contribution is -0.000479. The van der Waals surface area contributed by atoms with Gasteiger partial charge in [0, 0.05) is 6.04 Å². The standard InChI is InChI=1S/C28H39N3O5/c1-8-20(14-19-12-10-9-11-13-19)22-15-23(22)29-16-24-30-21(18-34-24)17-31(25(32)35-27(2,3)4)26(33)36-28(5,6)7/h9-14,18,22-23,29H,8,15-17H2,1-7H3/b20-14+. The van der Waals surface area contributed by atoms with Crippen LogP contribution in [0.15, 0.2) is 46.6 Å². The van der Waals surface area contributed by atoms with Crippen molar-refractivity contribution in [3.63, 3.8) is 0 Å². The largest absolute Gasteiger partial charge is 0.447 e. The van der Waals surface area contributed by atoms with Crippen molar-refractivity contribution >= 4 is 18.3 Å². The van der Waals surface area contributed by atoms with Crippen molar-refractivity contribution in [1.29, 1.82) is 0 Å². The summed E-state index contributed by atoms with van der Waals surface area (Å²) >= 11 is 0. The van der Waals surface area contributed by atoms with Crippen molar-refractivity contribution in [2.75, 3.05) is 0 Å². The van der Waals surface area contributed by atoms with Gasteiger partial charge in [-0.15, -0.1) is 0 Å². The molecule has 2 aromatic rings. The maximum absolute atomic E-state index is 12.7. The van der Waals surface area contributed by atoms with E-state index in [0.29, 0.717) is 30.1 Å². The number of nitrogens with one attached hydrogen (secondary N) is 1. The average Bonchev–Trinajstić information content (AvgIpc) is 3.40. The SMILES string of the molecule is CC/C(=C\c1ccccc1)C1CC1NCc1nc(CN(C(=O)OC(C)(C)C)C(=O)OC(C)(C)C)co1. The first kappa shape index (κ1) is 27.5. The Kier molecular flexibility index (Phi) is 8.61. The minimum Gasteiger partial charge on any atom is -0.447 e. The highest BCUT2D eigenvalue weighted by molar-refractivity contribution is 5.88. The van der Waals surface area contributed by atoms with Gasteiger partial charge >= 0.3 is 12.2 Å². The molecule has 2 amide bonds. The Balaban J connectivity index is 1.59. The third-order valence-electron chi connectivity index (χ3n) is 5.49. The second kappa shape index (κ2) is 11.3. The van der Waals surface area contributed by atoms with Gasteiger partial charge < -0.3 is 19.2 Å². The normalized spacial score (nSPS) is 18.0. The fraction of sp³-hybridized carbons (Fsp3) is 0.536. The molecule has 3 rings (SSSR count). The van der Waals surface area contributed by atoms with E-state index < -0.39 is 23.4 Å². The molecule has 1 heterocycles. The summed E-state index contributed by atoms with van der Waals surface area (Å²) in [5.74, 6) is 0.994. The smallest absolute Gasteiger partial charge is 0.420 e. The van der Waals surface area contributed by atoms with Gasteiger partial charge in [-0.1, -0.05) is 48.9 Å². The fourth-order valence-electron chi connectivity index (χ4n) is 3.79. The van der Waals surface area contributed by atoms with E-state index in [4.69, 9.17) is 13.9 Å². The summed E-state index contributed by atoms with van der Waals surface area (Å²) in [6, 6.07) is 10.7. The van der Waals surface area contributed by atoms with Gasteiger partial charge in [0.1, 0.15) is 17.5 Å². The van der Waals surface area contributed by atoms with Crippen LogP contribution in [-0.2, 0) is 22.6 Å². The number of hydrogen-bond acceptors (Lipinski definition) is 7. The van der Waals surface area contributed by atoms with Crippen molar-refractivity contribution in [3.05, 3.63) is 59.3 Å². The monoisotopic (exact) mass is 497 g/mol. The predicted molar refractivity (Wildman–Crippen MR) is 138 cm³/mol. The summed E-state index contributed by atoms with van der Waals surface area (Å²) in [4.78, 5) is 30.8. The molecule has 1 aliphatic carbocycles. The molecule has 1 fully saturated rings. The number of aromatic nitrogens is 1. The Hall–Kier alpha value is -3.13. The van der Waals surface area contributed by atoms with Crippen molar-refractivity contribution in [2.24, 2.45) is 5.92 Å². The number of rotatable bonds is 8. The highest BCUT2D eigenvalue weighted by Crippen LogP contribution is 2.39. The Morgan fingerprint density at radius 3 is 2.25 bits per heavy atom. The van der Waals surface area contributed by atoms with E-state index in [1.165, 1.54) is 17.4 Å². The Bertz CT molecular complexity index is 1030. The summed E-state index contributed by atoms with van der Waals surface area (Å²) in [5.41, 5.74) is 1.57. The van der Waals surface area contributed by atoms with Crippen LogP contribution in [0.3, 0.4) is 0 Å². The molecule has 8 heteroatoms. The Labute approximate surface area is 214 Å². The zero-order chi connectivity index (χ0) is 26.5. The summed E-state index contributed by atoms with van der Waals surface area (Å²) in [6.45, 7) is 13.0. The minimum absolute atomic E-state index is 0.112. The molecule has 1 aromatic carbocycles. The van der Waals surface area contributed by atoms with Gasteiger partial charge in [0.05, 0.1) is 18.8 Å². The molecule has 8 nitrogen and oxygen atoms in total. The van der Waals surface area contributed by atoms with Crippen LogP contribution >= 0.6 is 0 Å². The first-order chi connectivity index (χ1) is 16.8. The number of imide groups is 1. The van der Waals surface area contributed by atoms with Crippen molar-refractivity contribution < 1.29 is 23.5 Å². The van der Waals surface area contributed by atoms with Crippen molar-refractivity contribution in [3.8, 4) is 0 Å². The number of nitrogens with zero attached hydrogens (tertiary/aromatic N) is 2. The average molecular weight is 498 g/mol. The first-order valence-electron chi connectivity index (χ1n) is 12.5. The number of hydrogen-bond donors (Lipinski definition) is 1. The predicted octanol–water partition coefficient (Wildman–Crippen LogP) is 6.32. The molecule has 196 valence electrons. The molecule has 0 spiro atoms. The zero-order valence-electron chi connectivity index (χ0n) is 22.5. The molecule has 1 aliphatic rings. The number of ether oxygens (including phenoxy) is 2. The lowest BCUT2D eigenvalue weighted by Gasteiger charge is -2.28. The van der Waals surface area contributed by atoms with Crippen LogP contribution in [0.1, 0.15) is 78.5 Å². The maximum atomic E-state index is 12.7. The lowest BCUT2D eigenvalue weighted by Crippen LogP contribution is -2.43. The van der Waals surface area contributed by atoms with E-state index >= 15 is 0 Å². The third kappa shape index (κ3) is 8.52. The summed E-state index contributed by atoms with van der Waals surface area (Å²) < 4.78 is 16.4. The maximum Gasteiger partial charge on any atom is 0.420 e. The van der Waals surface area contributed by atoms with E-state index in [9.17, 15) is 9.59 Å². The van der Waals surface area contributed by atoms with Gasteiger partial charge in [0.2, 0.25) is 5.89 Å². The van der Waals surface area contributed by atoms with Gasteiger partial charge in [-0.3, -0.25) is 0 Å². The molecule has 1 aromatic heterocycles. The van der Waals surface area contributed by atoms with Crippen LogP contribution in [0.25, 0.3) is 6.08 Å². The number of carbonyl (C=O) groups excluding carboxylic acids is 2. The summed E-state index contributed by atoms with van der Waals surface area (Å²) in [7, 11) is 0. The number of benzene rings is 1. The van der Waals surface area contributed by atoms with Crippen molar-refractivity contribution in [2.45, 2.75) is 91.6 Å². The quantitative estimate of drug-likeness (QED) is 0.456. The van der Waals surface area contributed by atoms with Crippen LogP contribution < -0.4 is 5.32 Å². The second-order valence-electron chi connectivity index (χ2n) is 11.1. The van der Waals surface area contributed by atoms with Crippen LogP contribution in [0.5, 0.6) is 0 Å². The topological polar surface area (TPSA) is 93.9 Å². The molecule has 1 N–H and O–H groups in total. The molecule has 1 saturated carbocycles. The van der Waals surface area contributed by atoms with E-state index in [1.54, 1.807) is 41.5 Å². The van der Waals surface area contributed by atoms with Crippen LogP contribution in [0, 0.1) is 5.92 Å². The van der Waals surface area contributed by atoms with Crippen molar-refractivity contribution in [1.82, 2.24) is 15.2 Å². The van der Waals surface area contributed by atoms with E-state index in [2.05, 4.69) is 47.6 Å². The minimum atomic E-state index is -0.794. The Morgan fingerprint density at radius 2 is 1.69 bits per heavy atom.